The molecule has 1 fully saturated rings. The van der Waals surface area contributed by atoms with E-state index in [9.17, 15) is 14.7 Å². The average molecular weight is 281 g/mol. The van der Waals surface area contributed by atoms with E-state index in [4.69, 9.17) is 0 Å². The summed E-state index contributed by atoms with van der Waals surface area (Å²) in [6.45, 7) is 0.487. The molecule has 1 aromatic heterocycles. The van der Waals surface area contributed by atoms with Crippen molar-refractivity contribution >= 4 is 23.2 Å². The van der Waals surface area contributed by atoms with Gasteiger partial charge in [-0.2, -0.15) is 0 Å². The predicted molar refractivity (Wildman–Crippen MR) is 74.1 cm³/mol. The van der Waals surface area contributed by atoms with Gasteiger partial charge in [0.2, 0.25) is 5.91 Å². The number of hydrogen-bond acceptors (Lipinski definition) is 3. The summed E-state index contributed by atoms with van der Waals surface area (Å²) in [4.78, 5) is 24.0. The normalized spacial score (nSPS) is 22.9. The number of aliphatic carboxylic acids is 1. The summed E-state index contributed by atoms with van der Waals surface area (Å²) in [6, 6.07) is 3.86. The summed E-state index contributed by atoms with van der Waals surface area (Å²) in [7, 11) is 0. The van der Waals surface area contributed by atoms with Crippen LogP contribution in [0.3, 0.4) is 0 Å². The molecule has 1 aliphatic carbocycles. The Balaban J connectivity index is 1.80. The lowest BCUT2D eigenvalue weighted by Crippen LogP contribution is -2.37. The Hall–Kier alpha value is -1.36. The van der Waals surface area contributed by atoms with E-state index in [2.05, 4.69) is 5.32 Å². The number of hydrogen-bond donors (Lipinski definition) is 2. The minimum Gasteiger partial charge on any atom is -0.481 e. The zero-order chi connectivity index (χ0) is 13.7. The van der Waals surface area contributed by atoms with Crippen molar-refractivity contribution in [3.63, 3.8) is 0 Å². The number of amides is 1. The van der Waals surface area contributed by atoms with Crippen molar-refractivity contribution in [2.45, 2.75) is 32.1 Å². The summed E-state index contributed by atoms with van der Waals surface area (Å²) in [6.07, 6.45) is 4.07. The lowest BCUT2D eigenvalue weighted by atomic mass is 9.79. The van der Waals surface area contributed by atoms with Gasteiger partial charge in [-0.1, -0.05) is 18.9 Å². The molecule has 1 saturated carbocycles. The van der Waals surface area contributed by atoms with E-state index in [1.165, 1.54) is 0 Å². The van der Waals surface area contributed by atoms with Crippen LogP contribution in [0.4, 0.5) is 0 Å². The largest absolute Gasteiger partial charge is 0.481 e. The van der Waals surface area contributed by atoms with Gasteiger partial charge in [-0.15, -0.1) is 11.3 Å². The number of nitrogens with one attached hydrogen (secondary N) is 1. The standard InChI is InChI=1S/C14H19NO3S/c16-13(8-11-5-3-7-19-11)15-9-10-4-1-2-6-12(10)14(17)18/h3,5,7,10,12H,1-2,4,6,8-9H2,(H,15,16)(H,17,18). The fourth-order valence-corrected chi connectivity index (χ4v) is 3.36. The molecule has 4 nitrogen and oxygen atoms in total. The maximum atomic E-state index is 11.8. The maximum absolute atomic E-state index is 11.8. The molecule has 0 aliphatic heterocycles. The van der Waals surface area contributed by atoms with Crippen LogP contribution in [0.2, 0.25) is 0 Å². The van der Waals surface area contributed by atoms with Gasteiger partial charge in [0, 0.05) is 11.4 Å². The number of carboxylic acid groups (broad SMARTS) is 1. The number of carbonyl (C=O) groups is 2. The molecule has 2 atom stereocenters. The Morgan fingerprint density at radius 1 is 1.37 bits per heavy atom. The number of carbonyl (C=O) groups excluding carboxylic acids is 1. The highest BCUT2D eigenvalue weighted by Gasteiger charge is 2.30. The van der Waals surface area contributed by atoms with E-state index in [0.29, 0.717) is 13.0 Å². The first kappa shape index (κ1) is 14.1. The van der Waals surface area contributed by atoms with Crippen LogP contribution in [0.1, 0.15) is 30.6 Å². The van der Waals surface area contributed by atoms with Crippen LogP contribution in [0.5, 0.6) is 0 Å². The second kappa shape index (κ2) is 6.70. The molecule has 0 saturated heterocycles. The molecule has 2 N–H and O–H groups in total. The first-order chi connectivity index (χ1) is 9.16. The Labute approximate surface area is 116 Å². The molecular weight excluding hydrogens is 262 g/mol. The van der Waals surface area contributed by atoms with Crippen LogP contribution in [-0.4, -0.2) is 23.5 Å². The molecular formula is C14H19NO3S. The minimum atomic E-state index is -0.725. The van der Waals surface area contributed by atoms with Gasteiger partial charge in [0.15, 0.2) is 0 Å². The third kappa shape index (κ3) is 4.06. The van der Waals surface area contributed by atoms with Crippen molar-refractivity contribution < 1.29 is 14.7 Å². The van der Waals surface area contributed by atoms with E-state index in [0.717, 1.165) is 30.6 Å². The molecule has 1 heterocycles. The molecule has 5 heteroatoms. The Bertz CT molecular complexity index is 430. The molecule has 2 unspecified atom stereocenters. The van der Waals surface area contributed by atoms with Crippen molar-refractivity contribution in [2.24, 2.45) is 11.8 Å². The number of carboxylic acids is 1. The highest BCUT2D eigenvalue weighted by atomic mass is 32.1. The SMILES string of the molecule is O=C(Cc1cccs1)NCC1CCCCC1C(=O)O. The fourth-order valence-electron chi connectivity index (χ4n) is 2.66. The van der Waals surface area contributed by atoms with E-state index in [-0.39, 0.29) is 17.7 Å². The molecule has 0 bridgehead atoms. The second-order valence-electron chi connectivity index (χ2n) is 5.05. The van der Waals surface area contributed by atoms with Gasteiger partial charge >= 0.3 is 5.97 Å². The Morgan fingerprint density at radius 2 is 2.16 bits per heavy atom. The zero-order valence-corrected chi connectivity index (χ0v) is 11.6. The lowest BCUT2D eigenvalue weighted by Gasteiger charge is -2.28. The average Bonchev–Trinajstić information content (AvgIpc) is 2.89. The highest BCUT2D eigenvalue weighted by Crippen LogP contribution is 2.29. The van der Waals surface area contributed by atoms with Gasteiger partial charge in [-0.25, -0.2) is 0 Å². The maximum Gasteiger partial charge on any atom is 0.306 e. The molecule has 104 valence electrons. The third-order valence-electron chi connectivity index (χ3n) is 3.70. The van der Waals surface area contributed by atoms with Crippen molar-refractivity contribution in [3.8, 4) is 0 Å². The molecule has 1 aromatic rings. The first-order valence-electron chi connectivity index (χ1n) is 6.68. The molecule has 1 aliphatic rings. The summed E-state index contributed by atoms with van der Waals surface area (Å²) >= 11 is 1.56. The van der Waals surface area contributed by atoms with Gasteiger partial charge in [-0.05, 0) is 30.2 Å². The molecule has 19 heavy (non-hydrogen) atoms. The van der Waals surface area contributed by atoms with Crippen LogP contribution < -0.4 is 5.32 Å². The van der Waals surface area contributed by atoms with E-state index in [1.807, 2.05) is 17.5 Å². The topological polar surface area (TPSA) is 66.4 Å². The molecule has 1 amide bonds. The van der Waals surface area contributed by atoms with Crippen LogP contribution in [0, 0.1) is 11.8 Å². The predicted octanol–water partition coefficient (Wildman–Crippen LogP) is 2.30. The molecule has 2 rings (SSSR count). The van der Waals surface area contributed by atoms with Gasteiger partial charge in [0.25, 0.3) is 0 Å². The summed E-state index contributed by atoms with van der Waals surface area (Å²) < 4.78 is 0. The van der Waals surface area contributed by atoms with Gasteiger partial charge in [0.1, 0.15) is 0 Å². The quantitative estimate of drug-likeness (QED) is 0.870. The summed E-state index contributed by atoms with van der Waals surface area (Å²) in [5.41, 5.74) is 0. The minimum absolute atomic E-state index is 0.0165. The summed E-state index contributed by atoms with van der Waals surface area (Å²) in [5.74, 6) is -0.955. The van der Waals surface area contributed by atoms with E-state index >= 15 is 0 Å². The van der Waals surface area contributed by atoms with Crippen molar-refractivity contribution in [3.05, 3.63) is 22.4 Å². The molecule has 0 radical (unpaired) electrons. The molecule has 0 aromatic carbocycles. The first-order valence-corrected chi connectivity index (χ1v) is 7.56. The van der Waals surface area contributed by atoms with Gasteiger partial charge in [-0.3, -0.25) is 9.59 Å². The van der Waals surface area contributed by atoms with Crippen LogP contribution in [0.25, 0.3) is 0 Å². The zero-order valence-electron chi connectivity index (χ0n) is 10.8. The van der Waals surface area contributed by atoms with Gasteiger partial charge < -0.3 is 10.4 Å². The second-order valence-corrected chi connectivity index (χ2v) is 6.08. The van der Waals surface area contributed by atoms with Gasteiger partial charge in [0.05, 0.1) is 12.3 Å². The number of rotatable bonds is 5. The molecule has 0 spiro atoms. The van der Waals surface area contributed by atoms with Crippen molar-refractivity contribution in [1.29, 1.82) is 0 Å². The Kier molecular flexibility index (Phi) is 4.96. The van der Waals surface area contributed by atoms with E-state index < -0.39 is 5.97 Å². The highest BCUT2D eigenvalue weighted by molar-refractivity contribution is 7.10. The van der Waals surface area contributed by atoms with E-state index in [1.54, 1.807) is 11.3 Å². The summed E-state index contributed by atoms with van der Waals surface area (Å²) in [5, 5.41) is 14.0. The van der Waals surface area contributed by atoms with Crippen LogP contribution >= 0.6 is 11.3 Å². The third-order valence-corrected chi connectivity index (χ3v) is 4.58. The van der Waals surface area contributed by atoms with Crippen molar-refractivity contribution in [2.75, 3.05) is 6.54 Å². The van der Waals surface area contributed by atoms with Crippen LogP contribution in [-0.2, 0) is 16.0 Å². The monoisotopic (exact) mass is 281 g/mol. The number of thiophene rings is 1. The fraction of sp³-hybridized carbons (Fsp3) is 0.571. The van der Waals surface area contributed by atoms with Crippen LogP contribution in [0.15, 0.2) is 17.5 Å². The van der Waals surface area contributed by atoms with Crippen molar-refractivity contribution in [1.82, 2.24) is 5.32 Å². The lowest BCUT2D eigenvalue weighted by molar-refractivity contribution is -0.145. The smallest absolute Gasteiger partial charge is 0.306 e. The Morgan fingerprint density at radius 3 is 2.84 bits per heavy atom.